The van der Waals surface area contributed by atoms with Crippen LogP contribution in [0.15, 0.2) is 48.5 Å². The number of carbonyl (C=O) groups excluding carboxylic acids is 2. The van der Waals surface area contributed by atoms with Crippen LogP contribution in [-0.2, 0) is 16.1 Å². The molecule has 0 aliphatic heterocycles. The number of para-hydroxylation sites is 1. The smallest absolute Gasteiger partial charge is 0.325 e. The van der Waals surface area contributed by atoms with E-state index in [1.54, 1.807) is 31.4 Å². The predicted octanol–water partition coefficient (Wildman–Crippen LogP) is 2.48. The fourth-order valence-electron chi connectivity index (χ4n) is 2.07. The van der Waals surface area contributed by atoms with Gasteiger partial charge in [-0.05, 0) is 25.1 Å². The zero-order chi connectivity index (χ0) is 16.7. The molecule has 5 nitrogen and oxygen atoms in total. The lowest BCUT2D eigenvalue weighted by atomic mass is 10.1. The van der Waals surface area contributed by atoms with Crippen molar-refractivity contribution in [2.45, 2.75) is 13.5 Å². The summed E-state index contributed by atoms with van der Waals surface area (Å²) >= 11 is 0. The second kappa shape index (κ2) is 7.98. The van der Waals surface area contributed by atoms with Crippen molar-refractivity contribution >= 4 is 11.9 Å². The zero-order valence-electron chi connectivity index (χ0n) is 13.2. The Morgan fingerprint density at radius 1 is 1.09 bits per heavy atom. The second-order valence-electron chi connectivity index (χ2n) is 5.02. The summed E-state index contributed by atoms with van der Waals surface area (Å²) in [5.41, 5.74) is 2.27. The Balaban J connectivity index is 1.82. The SMILES string of the molecule is COc1ccccc1COC(=O)CNC(=O)c1cccc(C)c1. The number of amides is 1. The average molecular weight is 313 g/mol. The van der Waals surface area contributed by atoms with E-state index in [0.717, 1.165) is 11.1 Å². The molecule has 0 spiro atoms. The molecule has 0 fully saturated rings. The molecule has 0 aliphatic rings. The maximum atomic E-state index is 11.9. The van der Waals surface area contributed by atoms with E-state index in [-0.39, 0.29) is 19.1 Å². The Labute approximate surface area is 135 Å². The highest BCUT2D eigenvalue weighted by Gasteiger charge is 2.10. The highest BCUT2D eigenvalue weighted by Crippen LogP contribution is 2.17. The lowest BCUT2D eigenvalue weighted by Crippen LogP contribution is -2.30. The molecule has 0 saturated heterocycles. The van der Waals surface area contributed by atoms with Crippen LogP contribution in [-0.4, -0.2) is 25.5 Å². The van der Waals surface area contributed by atoms with Crippen LogP contribution in [0.25, 0.3) is 0 Å². The van der Waals surface area contributed by atoms with Gasteiger partial charge < -0.3 is 14.8 Å². The number of aryl methyl sites for hydroxylation is 1. The number of hydrogen-bond acceptors (Lipinski definition) is 4. The number of esters is 1. The Hall–Kier alpha value is -2.82. The van der Waals surface area contributed by atoms with Gasteiger partial charge in [0.2, 0.25) is 0 Å². The van der Waals surface area contributed by atoms with Crippen LogP contribution in [0.2, 0.25) is 0 Å². The van der Waals surface area contributed by atoms with E-state index in [0.29, 0.717) is 11.3 Å². The molecule has 2 aromatic carbocycles. The van der Waals surface area contributed by atoms with Gasteiger partial charge in [0.05, 0.1) is 7.11 Å². The van der Waals surface area contributed by atoms with E-state index < -0.39 is 5.97 Å². The van der Waals surface area contributed by atoms with Gasteiger partial charge in [0.15, 0.2) is 0 Å². The number of benzene rings is 2. The zero-order valence-corrected chi connectivity index (χ0v) is 13.2. The number of rotatable bonds is 6. The number of methoxy groups -OCH3 is 1. The third-order valence-electron chi connectivity index (χ3n) is 3.25. The first kappa shape index (κ1) is 16.5. The van der Waals surface area contributed by atoms with E-state index >= 15 is 0 Å². The molecule has 1 N–H and O–H groups in total. The van der Waals surface area contributed by atoms with Gasteiger partial charge in [-0.25, -0.2) is 0 Å². The van der Waals surface area contributed by atoms with Crippen molar-refractivity contribution in [2.75, 3.05) is 13.7 Å². The van der Waals surface area contributed by atoms with Gasteiger partial charge in [0.1, 0.15) is 18.9 Å². The highest BCUT2D eigenvalue weighted by atomic mass is 16.5. The van der Waals surface area contributed by atoms with Crippen molar-refractivity contribution in [1.82, 2.24) is 5.32 Å². The first-order valence-electron chi connectivity index (χ1n) is 7.22. The van der Waals surface area contributed by atoms with Gasteiger partial charge in [-0.2, -0.15) is 0 Å². The molecule has 0 saturated carbocycles. The molecule has 0 atom stereocenters. The first-order chi connectivity index (χ1) is 11.1. The van der Waals surface area contributed by atoms with Crippen molar-refractivity contribution in [3.63, 3.8) is 0 Å². The molecular weight excluding hydrogens is 294 g/mol. The van der Waals surface area contributed by atoms with Crippen LogP contribution >= 0.6 is 0 Å². The summed E-state index contributed by atoms with van der Waals surface area (Å²) in [5.74, 6) is -0.149. The molecule has 5 heteroatoms. The Bertz CT molecular complexity index is 697. The molecule has 1 amide bonds. The quantitative estimate of drug-likeness (QED) is 0.832. The Morgan fingerprint density at radius 2 is 1.87 bits per heavy atom. The van der Waals surface area contributed by atoms with E-state index in [1.807, 2.05) is 31.2 Å². The van der Waals surface area contributed by atoms with Gasteiger partial charge in [-0.3, -0.25) is 9.59 Å². The number of carbonyl (C=O) groups is 2. The molecule has 23 heavy (non-hydrogen) atoms. The van der Waals surface area contributed by atoms with E-state index in [2.05, 4.69) is 5.32 Å². The summed E-state index contributed by atoms with van der Waals surface area (Å²) in [7, 11) is 1.56. The van der Waals surface area contributed by atoms with Crippen LogP contribution < -0.4 is 10.1 Å². The molecule has 0 heterocycles. The van der Waals surface area contributed by atoms with E-state index in [4.69, 9.17) is 9.47 Å². The minimum absolute atomic E-state index is 0.100. The molecule has 0 unspecified atom stereocenters. The van der Waals surface area contributed by atoms with Gasteiger partial charge in [-0.1, -0.05) is 35.9 Å². The fraction of sp³-hybridized carbons (Fsp3) is 0.222. The molecule has 0 aromatic heterocycles. The minimum Gasteiger partial charge on any atom is -0.496 e. The van der Waals surface area contributed by atoms with Gasteiger partial charge in [0, 0.05) is 11.1 Å². The third kappa shape index (κ3) is 4.85. The number of ether oxygens (including phenoxy) is 2. The second-order valence-corrected chi connectivity index (χ2v) is 5.02. The Kier molecular flexibility index (Phi) is 5.74. The normalized spacial score (nSPS) is 10.0. The van der Waals surface area contributed by atoms with Crippen molar-refractivity contribution in [3.05, 3.63) is 65.2 Å². The molecule has 2 rings (SSSR count). The van der Waals surface area contributed by atoms with Gasteiger partial charge in [-0.15, -0.1) is 0 Å². The molecule has 0 bridgehead atoms. The van der Waals surface area contributed by atoms with Crippen LogP contribution in [0.1, 0.15) is 21.5 Å². The Morgan fingerprint density at radius 3 is 2.61 bits per heavy atom. The predicted molar refractivity (Wildman–Crippen MR) is 86.3 cm³/mol. The number of nitrogens with one attached hydrogen (secondary N) is 1. The molecule has 0 radical (unpaired) electrons. The summed E-state index contributed by atoms with van der Waals surface area (Å²) in [5, 5.41) is 2.55. The largest absolute Gasteiger partial charge is 0.496 e. The molecule has 2 aromatic rings. The summed E-state index contributed by atoms with van der Waals surface area (Å²) in [4.78, 5) is 23.7. The van der Waals surface area contributed by atoms with Crippen molar-refractivity contribution in [1.29, 1.82) is 0 Å². The van der Waals surface area contributed by atoms with Gasteiger partial charge in [0.25, 0.3) is 5.91 Å². The fourth-order valence-corrected chi connectivity index (χ4v) is 2.07. The van der Waals surface area contributed by atoms with Crippen molar-refractivity contribution in [2.24, 2.45) is 0 Å². The molecular formula is C18H19NO4. The standard InChI is InChI=1S/C18H19NO4/c1-13-6-5-8-14(10-13)18(21)19-11-17(20)23-12-15-7-3-4-9-16(15)22-2/h3-10H,11-12H2,1-2H3,(H,19,21). The van der Waals surface area contributed by atoms with Crippen LogP contribution in [0, 0.1) is 6.92 Å². The molecule has 120 valence electrons. The maximum absolute atomic E-state index is 11.9. The lowest BCUT2D eigenvalue weighted by molar-refractivity contribution is -0.143. The maximum Gasteiger partial charge on any atom is 0.325 e. The monoisotopic (exact) mass is 313 g/mol. The van der Waals surface area contributed by atoms with E-state index in [1.165, 1.54) is 0 Å². The third-order valence-corrected chi connectivity index (χ3v) is 3.25. The summed E-state index contributed by atoms with van der Waals surface area (Å²) in [6.07, 6.45) is 0. The van der Waals surface area contributed by atoms with Crippen molar-refractivity contribution in [3.8, 4) is 5.75 Å². The van der Waals surface area contributed by atoms with Crippen LogP contribution in [0.5, 0.6) is 5.75 Å². The molecule has 0 aliphatic carbocycles. The van der Waals surface area contributed by atoms with Crippen LogP contribution in [0.3, 0.4) is 0 Å². The highest BCUT2D eigenvalue weighted by molar-refractivity contribution is 5.96. The summed E-state index contributed by atoms with van der Waals surface area (Å²) < 4.78 is 10.3. The topological polar surface area (TPSA) is 64.6 Å². The average Bonchev–Trinajstić information content (AvgIpc) is 2.58. The summed E-state index contributed by atoms with van der Waals surface area (Å²) in [6.45, 7) is 1.82. The first-order valence-corrected chi connectivity index (χ1v) is 7.22. The van der Waals surface area contributed by atoms with Crippen molar-refractivity contribution < 1.29 is 19.1 Å². The van der Waals surface area contributed by atoms with Crippen LogP contribution in [0.4, 0.5) is 0 Å². The lowest BCUT2D eigenvalue weighted by Gasteiger charge is -2.09. The van der Waals surface area contributed by atoms with Gasteiger partial charge >= 0.3 is 5.97 Å². The number of hydrogen-bond donors (Lipinski definition) is 1. The van der Waals surface area contributed by atoms with E-state index in [9.17, 15) is 9.59 Å². The summed E-state index contributed by atoms with van der Waals surface area (Å²) in [6, 6.07) is 14.4. The minimum atomic E-state index is -0.503.